The number of ketones is 1. The van der Waals surface area contributed by atoms with Gasteiger partial charge < -0.3 is 5.32 Å². The van der Waals surface area contributed by atoms with E-state index in [9.17, 15) is 9.18 Å². The van der Waals surface area contributed by atoms with Crippen molar-refractivity contribution >= 4 is 21.7 Å². The van der Waals surface area contributed by atoms with Crippen molar-refractivity contribution in [3.05, 3.63) is 34.1 Å². The van der Waals surface area contributed by atoms with Gasteiger partial charge in [0.1, 0.15) is 5.82 Å². The maximum absolute atomic E-state index is 13.3. The standard InChI is InChI=1S/C12H15BrFNO/c1-8(2)15-7-11(16)6-9-5-10(13)3-4-12(9)14/h3-5,8,15H,6-7H2,1-2H3. The van der Waals surface area contributed by atoms with Gasteiger partial charge in [-0.25, -0.2) is 4.39 Å². The number of hydrogen-bond acceptors (Lipinski definition) is 2. The molecular weight excluding hydrogens is 273 g/mol. The first-order chi connectivity index (χ1) is 7.49. The Morgan fingerprint density at radius 3 is 2.81 bits per heavy atom. The summed E-state index contributed by atoms with van der Waals surface area (Å²) in [5, 5.41) is 3.02. The molecule has 0 amide bonds. The quantitative estimate of drug-likeness (QED) is 0.902. The molecule has 0 heterocycles. The van der Waals surface area contributed by atoms with Crippen LogP contribution in [-0.2, 0) is 11.2 Å². The number of carbonyl (C=O) groups is 1. The monoisotopic (exact) mass is 287 g/mol. The fourth-order valence-electron chi connectivity index (χ4n) is 1.27. The van der Waals surface area contributed by atoms with Crippen LogP contribution in [0.4, 0.5) is 4.39 Å². The van der Waals surface area contributed by atoms with Crippen LogP contribution in [0.1, 0.15) is 19.4 Å². The fourth-order valence-corrected chi connectivity index (χ4v) is 1.68. The molecule has 0 aliphatic rings. The third kappa shape index (κ3) is 4.41. The summed E-state index contributed by atoms with van der Waals surface area (Å²) in [6.45, 7) is 4.21. The number of hydrogen-bond donors (Lipinski definition) is 1. The highest BCUT2D eigenvalue weighted by atomic mass is 79.9. The molecule has 0 aliphatic carbocycles. The average molecular weight is 288 g/mol. The van der Waals surface area contributed by atoms with E-state index in [-0.39, 0.29) is 30.6 Å². The smallest absolute Gasteiger partial charge is 0.151 e. The minimum atomic E-state index is -0.332. The molecule has 0 spiro atoms. The molecule has 0 atom stereocenters. The number of rotatable bonds is 5. The first-order valence-corrected chi connectivity index (χ1v) is 5.97. The van der Waals surface area contributed by atoms with E-state index in [1.54, 1.807) is 12.1 Å². The van der Waals surface area contributed by atoms with Gasteiger partial charge in [0.05, 0.1) is 6.54 Å². The van der Waals surface area contributed by atoms with Gasteiger partial charge in [0.2, 0.25) is 0 Å². The van der Waals surface area contributed by atoms with E-state index in [0.29, 0.717) is 5.56 Å². The molecule has 16 heavy (non-hydrogen) atoms. The minimum absolute atomic E-state index is 0.00861. The van der Waals surface area contributed by atoms with Crippen molar-refractivity contribution in [3.8, 4) is 0 Å². The summed E-state index contributed by atoms with van der Waals surface area (Å²) in [6.07, 6.45) is 0.130. The highest BCUT2D eigenvalue weighted by Gasteiger charge is 2.09. The summed E-state index contributed by atoms with van der Waals surface area (Å²) in [4.78, 5) is 11.5. The van der Waals surface area contributed by atoms with Crippen LogP contribution in [0.25, 0.3) is 0 Å². The normalized spacial score (nSPS) is 10.8. The fraction of sp³-hybridized carbons (Fsp3) is 0.417. The van der Waals surface area contributed by atoms with Crippen LogP contribution >= 0.6 is 15.9 Å². The maximum atomic E-state index is 13.3. The summed E-state index contributed by atoms with van der Waals surface area (Å²) in [5.74, 6) is -0.341. The van der Waals surface area contributed by atoms with E-state index >= 15 is 0 Å². The number of nitrogens with one attached hydrogen (secondary N) is 1. The van der Waals surface area contributed by atoms with Gasteiger partial charge in [0.25, 0.3) is 0 Å². The molecule has 1 N–H and O–H groups in total. The molecule has 0 unspecified atom stereocenters. The summed E-state index contributed by atoms with van der Waals surface area (Å²) >= 11 is 3.25. The first-order valence-electron chi connectivity index (χ1n) is 5.18. The Balaban J connectivity index is 2.59. The van der Waals surface area contributed by atoms with Crippen molar-refractivity contribution < 1.29 is 9.18 Å². The van der Waals surface area contributed by atoms with Gasteiger partial charge in [-0.3, -0.25) is 4.79 Å². The van der Waals surface area contributed by atoms with Crippen molar-refractivity contribution in [1.82, 2.24) is 5.32 Å². The molecule has 2 nitrogen and oxygen atoms in total. The van der Waals surface area contributed by atoms with Crippen molar-refractivity contribution in [2.45, 2.75) is 26.3 Å². The van der Waals surface area contributed by atoms with Gasteiger partial charge in [0.15, 0.2) is 5.78 Å². The molecule has 0 aliphatic heterocycles. The van der Waals surface area contributed by atoms with Crippen LogP contribution in [0.2, 0.25) is 0 Å². The molecule has 1 aromatic rings. The van der Waals surface area contributed by atoms with E-state index in [1.807, 2.05) is 13.8 Å². The Kier molecular flexibility index (Phi) is 5.09. The van der Waals surface area contributed by atoms with Crippen LogP contribution in [0.5, 0.6) is 0 Å². The molecule has 4 heteroatoms. The van der Waals surface area contributed by atoms with Gasteiger partial charge in [-0.1, -0.05) is 29.8 Å². The lowest BCUT2D eigenvalue weighted by atomic mass is 10.1. The van der Waals surface area contributed by atoms with Gasteiger partial charge in [-0.15, -0.1) is 0 Å². The van der Waals surface area contributed by atoms with E-state index in [4.69, 9.17) is 0 Å². The Bertz CT molecular complexity index is 379. The van der Waals surface area contributed by atoms with Gasteiger partial charge in [0, 0.05) is 16.9 Å². The lowest BCUT2D eigenvalue weighted by Gasteiger charge is -2.07. The van der Waals surface area contributed by atoms with Crippen LogP contribution < -0.4 is 5.32 Å². The molecule has 88 valence electrons. The Morgan fingerprint density at radius 1 is 1.50 bits per heavy atom. The van der Waals surface area contributed by atoms with Gasteiger partial charge >= 0.3 is 0 Å². The molecule has 1 rings (SSSR count). The van der Waals surface area contributed by atoms with Crippen molar-refractivity contribution in [2.24, 2.45) is 0 Å². The van der Waals surface area contributed by atoms with E-state index in [0.717, 1.165) is 4.47 Å². The second-order valence-electron chi connectivity index (χ2n) is 3.99. The Labute approximate surface area is 103 Å². The Morgan fingerprint density at radius 2 is 2.19 bits per heavy atom. The third-order valence-corrected chi connectivity index (χ3v) is 2.60. The predicted octanol–water partition coefficient (Wildman–Crippen LogP) is 2.70. The molecular formula is C12H15BrFNO. The molecule has 0 aromatic heterocycles. The zero-order chi connectivity index (χ0) is 12.1. The van der Waals surface area contributed by atoms with Gasteiger partial charge in [-0.2, -0.15) is 0 Å². The Hall–Kier alpha value is -0.740. The maximum Gasteiger partial charge on any atom is 0.151 e. The molecule has 0 radical (unpaired) electrons. The van der Waals surface area contributed by atoms with Crippen LogP contribution in [0.15, 0.2) is 22.7 Å². The van der Waals surface area contributed by atoms with Crippen LogP contribution in [0, 0.1) is 5.82 Å². The number of carbonyl (C=O) groups excluding carboxylic acids is 1. The molecule has 0 fully saturated rings. The molecule has 1 aromatic carbocycles. The highest BCUT2D eigenvalue weighted by molar-refractivity contribution is 9.10. The molecule has 0 saturated heterocycles. The second-order valence-corrected chi connectivity index (χ2v) is 4.90. The average Bonchev–Trinajstić information content (AvgIpc) is 2.20. The van der Waals surface area contributed by atoms with E-state index in [2.05, 4.69) is 21.2 Å². The number of Topliss-reactive ketones (excluding diaryl/α,β-unsaturated/α-hetero) is 1. The molecule has 0 bridgehead atoms. The number of halogens is 2. The zero-order valence-electron chi connectivity index (χ0n) is 9.39. The molecule has 0 saturated carbocycles. The lowest BCUT2D eigenvalue weighted by Crippen LogP contribution is -2.30. The van der Waals surface area contributed by atoms with E-state index in [1.165, 1.54) is 6.07 Å². The second kappa shape index (κ2) is 6.11. The third-order valence-electron chi connectivity index (χ3n) is 2.10. The van der Waals surface area contributed by atoms with Crippen LogP contribution in [0.3, 0.4) is 0 Å². The number of benzene rings is 1. The first kappa shape index (κ1) is 13.3. The zero-order valence-corrected chi connectivity index (χ0v) is 11.0. The minimum Gasteiger partial charge on any atom is -0.308 e. The highest BCUT2D eigenvalue weighted by Crippen LogP contribution is 2.16. The summed E-state index contributed by atoms with van der Waals surface area (Å²) in [6, 6.07) is 4.89. The largest absolute Gasteiger partial charge is 0.308 e. The predicted molar refractivity (Wildman–Crippen MR) is 65.9 cm³/mol. The van der Waals surface area contributed by atoms with Crippen molar-refractivity contribution in [2.75, 3.05) is 6.54 Å². The lowest BCUT2D eigenvalue weighted by molar-refractivity contribution is -0.117. The van der Waals surface area contributed by atoms with Gasteiger partial charge in [-0.05, 0) is 23.8 Å². The summed E-state index contributed by atoms with van der Waals surface area (Å²) < 4.78 is 14.1. The van der Waals surface area contributed by atoms with E-state index < -0.39 is 0 Å². The van der Waals surface area contributed by atoms with Crippen molar-refractivity contribution in [3.63, 3.8) is 0 Å². The van der Waals surface area contributed by atoms with Crippen LogP contribution in [-0.4, -0.2) is 18.4 Å². The summed E-state index contributed by atoms with van der Waals surface area (Å²) in [5.41, 5.74) is 0.435. The topological polar surface area (TPSA) is 29.1 Å². The SMILES string of the molecule is CC(C)NCC(=O)Cc1cc(Br)ccc1F. The summed E-state index contributed by atoms with van der Waals surface area (Å²) in [7, 11) is 0. The van der Waals surface area contributed by atoms with Crippen molar-refractivity contribution in [1.29, 1.82) is 0 Å².